The molecule has 1 unspecified atom stereocenters. The van der Waals surface area contributed by atoms with E-state index in [1.165, 1.54) is 18.4 Å². The van der Waals surface area contributed by atoms with Crippen molar-refractivity contribution in [2.45, 2.75) is 31.3 Å². The van der Waals surface area contributed by atoms with Gasteiger partial charge in [0.1, 0.15) is 6.29 Å². The molecule has 3 rings (SSSR count). The molecule has 2 heteroatoms. The summed E-state index contributed by atoms with van der Waals surface area (Å²) < 4.78 is 0. The zero-order chi connectivity index (χ0) is 7.84. The van der Waals surface area contributed by atoms with E-state index in [0.29, 0.717) is 12.0 Å². The van der Waals surface area contributed by atoms with Gasteiger partial charge in [-0.3, -0.25) is 0 Å². The lowest BCUT2D eigenvalue weighted by atomic mass is 9.74. The molecule has 1 N–H and O–H groups in total. The van der Waals surface area contributed by atoms with Crippen molar-refractivity contribution in [3.8, 4) is 0 Å². The topological polar surface area (TPSA) is 29.1 Å². The highest BCUT2D eigenvalue weighted by atomic mass is 16.1. The molecule has 0 aromatic rings. The van der Waals surface area contributed by atoms with Crippen molar-refractivity contribution >= 4 is 6.29 Å². The van der Waals surface area contributed by atoms with E-state index in [2.05, 4.69) is 11.9 Å². The Balaban J connectivity index is 2.15. The molecule has 3 atom stereocenters. The molecule has 2 bridgehead atoms. The van der Waals surface area contributed by atoms with Crippen molar-refractivity contribution in [1.29, 1.82) is 0 Å². The van der Waals surface area contributed by atoms with Crippen molar-refractivity contribution in [2.75, 3.05) is 0 Å². The van der Waals surface area contributed by atoms with Gasteiger partial charge in [-0.05, 0) is 25.2 Å². The van der Waals surface area contributed by atoms with E-state index in [1.807, 2.05) is 0 Å². The summed E-state index contributed by atoms with van der Waals surface area (Å²) in [5.41, 5.74) is 1.29. The van der Waals surface area contributed by atoms with Gasteiger partial charge in [-0.15, -0.1) is 0 Å². The molecule has 2 saturated heterocycles. The molecule has 2 nitrogen and oxygen atoms in total. The highest BCUT2D eigenvalue weighted by Gasteiger charge is 2.36. The number of hydrogen-bond donors (Lipinski definition) is 1. The van der Waals surface area contributed by atoms with Crippen molar-refractivity contribution in [3.05, 3.63) is 12.2 Å². The maximum absolute atomic E-state index is 10.6. The fourth-order valence-corrected chi connectivity index (χ4v) is 2.19. The Morgan fingerprint density at radius 3 is 2.82 bits per heavy atom. The van der Waals surface area contributed by atoms with Crippen LogP contribution >= 0.6 is 0 Å². The summed E-state index contributed by atoms with van der Waals surface area (Å²) in [4.78, 5) is 10.6. The summed E-state index contributed by atoms with van der Waals surface area (Å²) in [6.07, 6.45) is 4.47. The van der Waals surface area contributed by atoms with E-state index < -0.39 is 0 Å². The van der Waals surface area contributed by atoms with Crippen LogP contribution in [0.2, 0.25) is 0 Å². The Kier molecular flexibility index (Phi) is 1.57. The number of carbonyl (C=O) groups excluding carboxylic acids is 1. The number of piperidine rings is 2. The van der Waals surface area contributed by atoms with Crippen LogP contribution < -0.4 is 5.32 Å². The molecule has 3 fully saturated rings. The van der Waals surface area contributed by atoms with Crippen molar-refractivity contribution in [2.24, 2.45) is 5.92 Å². The van der Waals surface area contributed by atoms with Crippen LogP contribution in [0.5, 0.6) is 0 Å². The molecular weight excluding hydrogens is 138 g/mol. The second kappa shape index (κ2) is 2.45. The molecule has 11 heavy (non-hydrogen) atoms. The van der Waals surface area contributed by atoms with Crippen LogP contribution in [0.4, 0.5) is 0 Å². The van der Waals surface area contributed by atoms with E-state index in [4.69, 9.17) is 0 Å². The first-order chi connectivity index (χ1) is 5.31. The summed E-state index contributed by atoms with van der Waals surface area (Å²) in [6, 6.07) is 0.537. The maximum atomic E-state index is 10.6. The zero-order valence-corrected chi connectivity index (χ0v) is 6.55. The predicted octanol–water partition coefficient (Wildman–Crippen LogP) is 0.882. The minimum atomic E-state index is 0.110. The van der Waals surface area contributed by atoms with E-state index in [0.717, 1.165) is 12.7 Å². The van der Waals surface area contributed by atoms with E-state index >= 15 is 0 Å². The largest absolute Gasteiger partial charge is 0.302 e. The number of aldehydes is 1. The number of fused-ring (bicyclic) bond motifs is 3. The van der Waals surface area contributed by atoms with Gasteiger partial charge in [0.2, 0.25) is 0 Å². The Labute approximate surface area is 66.7 Å². The van der Waals surface area contributed by atoms with Gasteiger partial charge < -0.3 is 10.1 Å². The van der Waals surface area contributed by atoms with Crippen LogP contribution in [-0.2, 0) is 4.79 Å². The molecule has 1 saturated carbocycles. The van der Waals surface area contributed by atoms with Gasteiger partial charge in [-0.1, -0.05) is 12.2 Å². The molecule has 0 amide bonds. The molecule has 60 valence electrons. The first kappa shape index (κ1) is 7.04. The third-order valence-corrected chi connectivity index (χ3v) is 2.89. The summed E-state index contributed by atoms with van der Waals surface area (Å²) >= 11 is 0. The third kappa shape index (κ3) is 1.02. The van der Waals surface area contributed by atoms with Gasteiger partial charge in [0.15, 0.2) is 0 Å². The van der Waals surface area contributed by atoms with Gasteiger partial charge in [-0.2, -0.15) is 0 Å². The van der Waals surface area contributed by atoms with Crippen molar-refractivity contribution in [3.63, 3.8) is 0 Å². The van der Waals surface area contributed by atoms with Crippen LogP contribution in [0.25, 0.3) is 0 Å². The second-order valence-corrected chi connectivity index (χ2v) is 3.58. The van der Waals surface area contributed by atoms with Crippen LogP contribution in [0.15, 0.2) is 12.2 Å². The Morgan fingerprint density at radius 2 is 2.36 bits per heavy atom. The van der Waals surface area contributed by atoms with Crippen molar-refractivity contribution < 1.29 is 4.79 Å². The molecule has 0 radical (unpaired) electrons. The lowest BCUT2D eigenvalue weighted by Gasteiger charge is -2.42. The number of hydrogen-bond acceptors (Lipinski definition) is 2. The van der Waals surface area contributed by atoms with E-state index in [9.17, 15) is 4.79 Å². The number of carbonyl (C=O) groups is 1. The van der Waals surface area contributed by atoms with Gasteiger partial charge >= 0.3 is 0 Å². The van der Waals surface area contributed by atoms with Gasteiger partial charge in [0.25, 0.3) is 0 Å². The van der Waals surface area contributed by atoms with Gasteiger partial charge in [0, 0.05) is 6.04 Å². The fraction of sp³-hybridized carbons (Fsp3) is 0.667. The Hall–Kier alpha value is -0.630. The predicted molar refractivity (Wildman–Crippen MR) is 43.3 cm³/mol. The average Bonchev–Trinajstić information content (AvgIpc) is 2.05. The Bertz CT molecular complexity index is 200. The van der Waals surface area contributed by atoms with E-state index in [1.54, 1.807) is 0 Å². The maximum Gasteiger partial charge on any atom is 0.137 e. The van der Waals surface area contributed by atoms with Crippen LogP contribution in [0.3, 0.4) is 0 Å². The highest BCUT2D eigenvalue weighted by molar-refractivity contribution is 5.59. The van der Waals surface area contributed by atoms with Crippen LogP contribution in [0, 0.1) is 5.92 Å². The summed E-state index contributed by atoms with van der Waals surface area (Å²) in [5, 5.41) is 3.28. The molecule has 0 aromatic heterocycles. The smallest absolute Gasteiger partial charge is 0.137 e. The second-order valence-electron chi connectivity index (χ2n) is 3.58. The minimum absolute atomic E-state index is 0.110. The Morgan fingerprint density at radius 1 is 1.55 bits per heavy atom. The van der Waals surface area contributed by atoms with E-state index in [-0.39, 0.29) is 6.04 Å². The number of rotatable bonds is 1. The minimum Gasteiger partial charge on any atom is -0.302 e. The van der Waals surface area contributed by atoms with Crippen LogP contribution in [-0.4, -0.2) is 18.4 Å². The SMILES string of the molecule is C=C1C[C@H]2CCC1N[C@@H]2C=O. The quantitative estimate of drug-likeness (QED) is 0.445. The first-order valence-corrected chi connectivity index (χ1v) is 4.20. The first-order valence-electron chi connectivity index (χ1n) is 4.20. The molecule has 0 aromatic carbocycles. The van der Waals surface area contributed by atoms with Crippen molar-refractivity contribution in [1.82, 2.24) is 5.32 Å². The zero-order valence-electron chi connectivity index (χ0n) is 6.55. The molecular formula is C9H13NO. The normalized spacial score (nSPS) is 42.5. The average molecular weight is 151 g/mol. The van der Waals surface area contributed by atoms with Gasteiger partial charge in [0.05, 0.1) is 6.04 Å². The van der Waals surface area contributed by atoms with Gasteiger partial charge in [-0.25, -0.2) is 0 Å². The molecule has 2 heterocycles. The fourth-order valence-electron chi connectivity index (χ4n) is 2.19. The summed E-state index contributed by atoms with van der Waals surface area (Å²) in [6.45, 7) is 3.99. The third-order valence-electron chi connectivity index (χ3n) is 2.89. The lowest BCUT2D eigenvalue weighted by molar-refractivity contribution is -0.111. The summed E-state index contributed by atoms with van der Waals surface area (Å²) in [7, 11) is 0. The highest BCUT2D eigenvalue weighted by Crippen LogP contribution is 2.34. The number of nitrogens with one attached hydrogen (secondary N) is 1. The summed E-state index contributed by atoms with van der Waals surface area (Å²) in [5.74, 6) is 0.532. The lowest BCUT2D eigenvalue weighted by Crippen LogP contribution is -2.53. The van der Waals surface area contributed by atoms with Crippen LogP contribution in [0.1, 0.15) is 19.3 Å². The molecule has 1 aliphatic carbocycles. The molecule has 2 aliphatic heterocycles. The molecule has 3 aliphatic rings. The monoisotopic (exact) mass is 151 g/mol. The molecule has 0 spiro atoms. The standard InChI is InChI=1S/C9H13NO/c1-6-4-7-2-3-8(6)10-9(7)5-11/h5,7-10H,1-4H2/t7-,8?,9-/m1/s1.